The second-order valence-electron chi connectivity index (χ2n) is 6.96. The van der Waals surface area contributed by atoms with Crippen LogP contribution in [0.1, 0.15) is 33.1 Å². The number of ketones is 1. The van der Waals surface area contributed by atoms with Gasteiger partial charge in [-0.15, -0.1) is 0 Å². The highest BCUT2D eigenvalue weighted by atomic mass is 16.5. The number of Topliss-reactive ketones (excluding diaryl/α,β-unsaturated/α-hetero) is 1. The number of rotatable bonds is 9. The zero-order valence-corrected chi connectivity index (χ0v) is 18.0. The molecule has 0 aliphatic rings. The maximum atomic E-state index is 12.6. The molecule has 1 aromatic carbocycles. The van der Waals surface area contributed by atoms with Crippen LogP contribution in [0.3, 0.4) is 0 Å². The lowest BCUT2D eigenvalue weighted by molar-refractivity contribution is -0.136. The number of esters is 1. The van der Waals surface area contributed by atoms with Crippen molar-refractivity contribution < 1.29 is 28.2 Å². The molecule has 2 heterocycles. The van der Waals surface area contributed by atoms with E-state index in [0.29, 0.717) is 29.2 Å². The first-order chi connectivity index (χ1) is 14.9. The van der Waals surface area contributed by atoms with E-state index in [1.807, 2.05) is 30.5 Å². The van der Waals surface area contributed by atoms with E-state index in [0.717, 1.165) is 17.1 Å². The van der Waals surface area contributed by atoms with Gasteiger partial charge in [0.25, 0.3) is 0 Å². The molecular formula is C24H25NO6. The van der Waals surface area contributed by atoms with Crippen LogP contribution < -0.4 is 9.47 Å². The standard InChI is InChI=1S/C24H25NO6/c1-16-10-22(17(2)25(16)14-19-6-5-9-30-19)23(26)15-31-24(27)8-7-18-11-20(28-3)13-21(12-18)29-4/h5-13H,14-15H2,1-4H3/b8-7+. The van der Waals surface area contributed by atoms with Crippen LogP contribution >= 0.6 is 0 Å². The van der Waals surface area contributed by atoms with Crippen molar-refractivity contribution >= 4 is 17.8 Å². The topological polar surface area (TPSA) is 79.9 Å². The Bertz CT molecular complexity index is 1070. The minimum atomic E-state index is -0.612. The smallest absolute Gasteiger partial charge is 0.331 e. The predicted molar refractivity (Wildman–Crippen MR) is 116 cm³/mol. The van der Waals surface area contributed by atoms with Gasteiger partial charge in [0.2, 0.25) is 5.78 Å². The summed E-state index contributed by atoms with van der Waals surface area (Å²) in [5, 5.41) is 0. The first kappa shape index (κ1) is 22.0. The SMILES string of the molecule is COc1cc(/C=C/C(=O)OCC(=O)c2cc(C)n(Cc3ccco3)c2C)cc(OC)c1. The highest BCUT2D eigenvalue weighted by Crippen LogP contribution is 2.23. The normalized spacial score (nSPS) is 11.0. The van der Waals surface area contributed by atoms with Crippen molar-refractivity contribution in [3.8, 4) is 11.5 Å². The molecule has 7 heteroatoms. The van der Waals surface area contributed by atoms with Gasteiger partial charge >= 0.3 is 5.97 Å². The monoisotopic (exact) mass is 423 g/mol. The van der Waals surface area contributed by atoms with Crippen LogP contribution in [0.4, 0.5) is 0 Å². The molecule has 0 saturated carbocycles. The predicted octanol–water partition coefficient (Wildman–Crippen LogP) is 4.20. The Morgan fingerprint density at radius 2 is 1.77 bits per heavy atom. The molecule has 0 aliphatic heterocycles. The van der Waals surface area contributed by atoms with E-state index in [1.54, 1.807) is 50.8 Å². The van der Waals surface area contributed by atoms with Crippen molar-refractivity contribution in [3.05, 3.63) is 77.0 Å². The molecule has 0 atom stereocenters. The first-order valence-electron chi connectivity index (χ1n) is 9.71. The van der Waals surface area contributed by atoms with Gasteiger partial charge < -0.3 is 23.2 Å². The molecule has 3 rings (SSSR count). The summed E-state index contributed by atoms with van der Waals surface area (Å²) >= 11 is 0. The average Bonchev–Trinajstić information content (AvgIpc) is 3.39. The van der Waals surface area contributed by atoms with E-state index >= 15 is 0 Å². The van der Waals surface area contributed by atoms with Gasteiger partial charge in [0, 0.05) is 29.1 Å². The van der Waals surface area contributed by atoms with E-state index in [4.69, 9.17) is 18.6 Å². The number of aromatic nitrogens is 1. The maximum Gasteiger partial charge on any atom is 0.331 e. The number of carbonyl (C=O) groups excluding carboxylic acids is 2. The number of carbonyl (C=O) groups is 2. The third kappa shape index (κ3) is 5.45. The van der Waals surface area contributed by atoms with E-state index in [-0.39, 0.29) is 12.4 Å². The minimum absolute atomic E-state index is 0.261. The van der Waals surface area contributed by atoms with Gasteiger partial charge in [-0.2, -0.15) is 0 Å². The molecule has 3 aromatic rings. The third-order valence-electron chi connectivity index (χ3n) is 4.90. The fourth-order valence-corrected chi connectivity index (χ4v) is 3.24. The highest BCUT2D eigenvalue weighted by molar-refractivity contribution is 6.00. The molecule has 0 aliphatic carbocycles. The van der Waals surface area contributed by atoms with Gasteiger partial charge in [0.15, 0.2) is 6.61 Å². The van der Waals surface area contributed by atoms with Crippen molar-refractivity contribution in [2.24, 2.45) is 0 Å². The van der Waals surface area contributed by atoms with Gasteiger partial charge in [0.05, 0.1) is 27.0 Å². The molecule has 0 N–H and O–H groups in total. The van der Waals surface area contributed by atoms with Gasteiger partial charge in [-0.25, -0.2) is 4.79 Å². The van der Waals surface area contributed by atoms with Gasteiger partial charge in [-0.1, -0.05) is 0 Å². The average molecular weight is 423 g/mol. The zero-order valence-electron chi connectivity index (χ0n) is 18.0. The van der Waals surface area contributed by atoms with Crippen molar-refractivity contribution in [1.29, 1.82) is 0 Å². The number of nitrogens with zero attached hydrogens (tertiary/aromatic N) is 1. The van der Waals surface area contributed by atoms with Gasteiger partial charge in [0.1, 0.15) is 17.3 Å². The fourth-order valence-electron chi connectivity index (χ4n) is 3.24. The van der Waals surface area contributed by atoms with Crippen LogP contribution in [0.25, 0.3) is 6.08 Å². The Hall–Kier alpha value is -3.74. The first-order valence-corrected chi connectivity index (χ1v) is 9.71. The summed E-state index contributed by atoms with van der Waals surface area (Å²) in [4.78, 5) is 24.7. The Labute approximate surface area is 180 Å². The Morgan fingerprint density at radius 1 is 1.06 bits per heavy atom. The van der Waals surface area contributed by atoms with Crippen LogP contribution in [0.15, 0.2) is 53.2 Å². The molecule has 2 aromatic heterocycles. The van der Waals surface area contributed by atoms with Crippen LogP contribution in [-0.2, 0) is 16.1 Å². The van der Waals surface area contributed by atoms with E-state index < -0.39 is 5.97 Å². The summed E-state index contributed by atoms with van der Waals surface area (Å²) in [6.45, 7) is 3.98. The van der Waals surface area contributed by atoms with Crippen molar-refractivity contribution in [3.63, 3.8) is 0 Å². The summed E-state index contributed by atoms with van der Waals surface area (Å²) in [5.41, 5.74) is 2.96. The lowest BCUT2D eigenvalue weighted by atomic mass is 10.1. The minimum Gasteiger partial charge on any atom is -0.497 e. The fraction of sp³-hybridized carbons (Fsp3) is 0.250. The van der Waals surface area contributed by atoms with Crippen molar-refractivity contribution in [2.45, 2.75) is 20.4 Å². The number of benzene rings is 1. The van der Waals surface area contributed by atoms with E-state index in [2.05, 4.69) is 0 Å². The lowest BCUT2D eigenvalue weighted by Crippen LogP contribution is -2.13. The Morgan fingerprint density at radius 3 is 2.39 bits per heavy atom. The molecule has 0 unspecified atom stereocenters. The lowest BCUT2D eigenvalue weighted by Gasteiger charge is -2.08. The third-order valence-corrected chi connectivity index (χ3v) is 4.90. The molecule has 0 amide bonds. The van der Waals surface area contributed by atoms with Crippen LogP contribution in [-0.4, -0.2) is 37.1 Å². The number of hydrogen-bond acceptors (Lipinski definition) is 6. The number of methoxy groups -OCH3 is 2. The zero-order chi connectivity index (χ0) is 22.4. The number of hydrogen-bond donors (Lipinski definition) is 0. The molecule has 7 nitrogen and oxygen atoms in total. The van der Waals surface area contributed by atoms with Gasteiger partial charge in [-0.3, -0.25) is 4.79 Å². The summed E-state index contributed by atoms with van der Waals surface area (Å²) < 4.78 is 22.9. The highest BCUT2D eigenvalue weighted by Gasteiger charge is 2.17. The molecule has 0 fully saturated rings. The molecule has 0 spiro atoms. The summed E-state index contributed by atoms with van der Waals surface area (Å²) in [5.74, 6) is 1.13. The molecule has 0 saturated heterocycles. The van der Waals surface area contributed by atoms with Crippen LogP contribution in [0.2, 0.25) is 0 Å². The Balaban J connectivity index is 1.62. The second-order valence-corrected chi connectivity index (χ2v) is 6.96. The van der Waals surface area contributed by atoms with E-state index in [1.165, 1.54) is 6.08 Å². The molecule has 31 heavy (non-hydrogen) atoms. The molecule has 0 radical (unpaired) electrons. The van der Waals surface area contributed by atoms with Crippen LogP contribution in [0, 0.1) is 13.8 Å². The van der Waals surface area contributed by atoms with Crippen molar-refractivity contribution in [1.82, 2.24) is 4.57 Å². The number of ether oxygens (including phenoxy) is 3. The second kappa shape index (κ2) is 9.84. The molecular weight excluding hydrogens is 398 g/mol. The Kier molecular flexibility index (Phi) is 6.97. The van der Waals surface area contributed by atoms with E-state index in [9.17, 15) is 9.59 Å². The quantitative estimate of drug-likeness (QED) is 0.292. The van der Waals surface area contributed by atoms with Gasteiger partial charge in [-0.05, 0) is 55.8 Å². The largest absolute Gasteiger partial charge is 0.497 e. The summed E-state index contributed by atoms with van der Waals surface area (Å²) in [6.07, 6.45) is 4.46. The molecule has 162 valence electrons. The van der Waals surface area contributed by atoms with Crippen LogP contribution in [0.5, 0.6) is 11.5 Å². The van der Waals surface area contributed by atoms with Crippen molar-refractivity contribution in [2.75, 3.05) is 20.8 Å². The number of aryl methyl sites for hydroxylation is 1. The summed E-state index contributed by atoms with van der Waals surface area (Å²) in [6, 6.07) is 10.7. The summed E-state index contributed by atoms with van der Waals surface area (Å²) in [7, 11) is 3.10. The number of furan rings is 1. The molecule has 0 bridgehead atoms. The maximum absolute atomic E-state index is 12.6.